The van der Waals surface area contributed by atoms with Crippen LogP contribution in [0.1, 0.15) is 45.1 Å². The van der Waals surface area contributed by atoms with Gasteiger partial charge in [0.1, 0.15) is 0 Å². The van der Waals surface area contributed by atoms with E-state index in [4.69, 9.17) is 10.2 Å². The third kappa shape index (κ3) is 7.01. The number of aliphatic hydroxyl groups is 1. The van der Waals surface area contributed by atoms with E-state index in [9.17, 15) is 4.79 Å². The molecule has 3 aromatic heterocycles. The summed E-state index contributed by atoms with van der Waals surface area (Å²) in [6.45, 7) is 1.42. The van der Waals surface area contributed by atoms with Gasteiger partial charge in [-0.25, -0.2) is 14.8 Å². The van der Waals surface area contributed by atoms with E-state index in [1.807, 2.05) is 50.2 Å². The molecule has 37 heavy (non-hydrogen) atoms. The van der Waals surface area contributed by atoms with Crippen molar-refractivity contribution in [2.75, 3.05) is 6.61 Å². The standard InChI is InChI=1S/C23H24N6.C4H9NO3/c1-28-15-20(13-26-28)17-6-5-7-18(10-17)23-24-11-19(12-25-23)21-14-27-29(16-21)22-8-3-2-4-9-22;1-3(2-6)5-4(7)8/h5-7,10-16,22H,2-4,8-9H2,1H3;3,5-6H,2H2,1H3,(H,7,8)/t;3-/m.0/s1. The first-order valence-electron chi connectivity index (χ1n) is 12.5. The van der Waals surface area contributed by atoms with E-state index >= 15 is 0 Å². The number of nitrogens with zero attached hydrogens (tertiary/aromatic N) is 6. The molecule has 0 unspecified atom stereocenters. The molecule has 194 valence electrons. The summed E-state index contributed by atoms with van der Waals surface area (Å²) >= 11 is 0. The lowest BCUT2D eigenvalue weighted by Gasteiger charge is -2.21. The molecule has 1 saturated carbocycles. The summed E-state index contributed by atoms with van der Waals surface area (Å²) in [6.07, 6.45) is 17.0. The van der Waals surface area contributed by atoms with Crippen molar-refractivity contribution in [1.82, 2.24) is 34.8 Å². The Balaban J connectivity index is 0.000000349. The first kappa shape index (κ1) is 26.0. The lowest BCUT2D eigenvalue weighted by Crippen LogP contribution is -2.33. The summed E-state index contributed by atoms with van der Waals surface area (Å²) in [5.41, 5.74) is 5.26. The van der Waals surface area contributed by atoms with Crippen LogP contribution in [0.4, 0.5) is 4.79 Å². The summed E-state index contributed by atoms with van der Waals surface area (Å²) < 4.78 is 3.93. The minimum absolute atomic E-state index is 0.160. The van der Waals surface area contributed by atoms with Crippen molar-refractivity contribution < 1.29 is 15.0 Å². The van der Waals surface area contributed by atoms with Crippen molar-refractivity contribution in [3.05, 3.63) is 61.4 Å². The van der Waals surface area contributed by atoms with Crippen LogP contribution in [0.15, 0.2) is 61.4 Å². The molecule has 1 aliphatic carbocycles. The summed E-state index contributed by atoms with van der Waals surface area (Å²) in [4.78, 5) is 19.0. The van der Waals surface area contributed by atoms with Crippen molar-refractivity contribution in [2.45, 2.75) is 51.1 Å². The Morgan fingerprint density at radius 3 is 2.27 bits per heavy atom. The lowest BCUT2D eigenvalue weighted by molar-refractivity contribution is 0.180. The molecule has 0 aliphatic heterocycles. The lowest BCUT2D eigenvalue weighted by atomic mass is 9.96. The van der Waals surface area contributed by atoms with Gasteiger partial charge in [-0.3, -0.25) is 9.36 Å². The Labute approximate surface area is 216 Å². The molecule has 1 aromatic carbocycles. The van der Waals surface area contributed by atoms with Gasteiger partial charge in [-0.05, 0) is 31.4 Å². The quantitative estimate of drug-likeness (QED) is 0.352. The van der Waals surface area contributed by atoms with E-state index in [1.54, 1.807) is 11.6 Å². The fourth-order valence-electron chi connectivity index (χ4n) is 4.32. The number of hydrogen-bond acceptors (Lipinski definition) is 6. The molecule has 1 fully saturated rings. The summed E-state index contributed by atoms with van der Waals surface area (Å²) in [5.74, 6) is 0.721. The molecule has 0 spiro atoms. The normalized spacial score (nSPS) is 14.5. The van der Waals surface area contributed by atoms with Gasteiger partial charge in [0.15, 0.2) is 5.82 Å². The zero-order chi connectivity index (χ0) is 26.2. The Kier molecular flexibility index (Phi) is 8.63. The average Bonchev–Trinajstić information content (AvgIpc) is 3.59. The molecule has 10 nitrogen and oxygen atoms in total. The fraction of sp³-hybridized carbons (Fsp3) is 0.370. The number of amides is 1. The van der Waals surface area contributed by atoms with E-state index in [0.29, 0.717) is 6.04 Å². The number of benzene rings is 1. The van der Waals surface area contributed by atoms with Gasteiger partial charge < -0.3 is 15.5 Å². The number of hydrogen-bond donors (Lipinski definition) is 3. The highest BCUT2D eigenvalue weighted by Crippen LogP contribution is 2.29. The number of aliphatic hydroxyl groups excluding tert-OH is 1. The molecule has 3 heterocycles. The van der Waals surface area contributed by atoms with Gasteiger partial charge in [-0.15, -0.1) is 0 Å². The summed E-state index contributed by atoms with van der Waals surface area (Å²) in [5, 5.41) is 27.2. The SMILES string of the molecule is C[C@@H](CO)NC(=O)O.Cn1cc(-c2cccc(-c3ncc(-c4cnn(C5CCCCC5)c4)cn3)c2)cn1. The molecular formula is C27H33N7O3. The van der Waals surface area contributed by atoms with Crippen molar-refractivity contribution in [2.24, 2.45) is 7.05 Å². The van der Waals surface area contributed by atoms with Crippen LogP contribution in [0, 0.1) is 0 Å². The highest BCUT2D eigenvalue weighted by molar-refractivity contribution is 5.70. The minimum atomic E-state index is -1.11. The highest BCUT2D eigenvalue weighted by Gasteiger charge is 2.16. The van der Waals surface area contributed by atoms with Crippen molar-refractivity contribution in [3.8, 4) is 33.6 Å². The summed E-state index contributed by atoms with van der Waals surface area (Å²) in [7, 11) is 1.92. The second kappa shape index (κ2) is 12.3. The Hall–Kier alpha value is -4.05. The molecule has 5 rings (SSSR count). The zero-order valence-corrected chi connectivity index (χ0v) is 21.2. The van der Waals surface area contributed by atoms with Crippen LogP contribution in [0.3, 0.4) is 0 Å². The van der Waals surface area contributed by atoms with Gasteiger partial charge in [-0.1, -0.05) is 37.5 Å². The van der Waals surface area contributed by atoms with E-state index in [2.05, 4.69) is 48.5 Å². The monoisotopic (exact) mass is 503 g/mol. The second-order valence-corrected chi connectivity index (χ2v) is 9.31. The topological polar surface area (TPSA) is 131 Å². The van der Waals surface area contributed by atoms with Crippen molar-refractivity contribution in [1.29, 1.82) is 0 Å². The smallest absolute Gasteiger partial charge is 0.404 e. The number of aromatic nitrogens is 6. The third-order valence-corrected chi connectivity index (χ3v) is 6.34. The number of rotatable bonds is 6. The van der Waals surface area contributed by atoms with Crippen LogP contribution in [0.5, 0.6) is 0 Å². The molecule has 1 aliphatic rings. The number of nitrogens with one attached hydrogen (secondary N) is 1. The first-order valence-corrected chi connectivity index (χ1v) is 12.5. The maximum absolute atomic E-state index is 9.75. The van der Waals surface area contributed by atoms with E-state index < -0.39 is 6.09 Å². The predicted molar refractivity (Wildman–Crippen MR) is 141 cm³/mol. The van der Waals surface area contributed by atoms with Crippen LogP contribution < -0.4 is 5.32 Å². The third-order valence-electron chi connectivity index (χ3n) is 6.34. The van der Waals surface area contributed by atoms with E-state index in [-0.39, 0.29) is 12.6 Å². The molecule has 10 heteroatoms. The van der Waals surface area contributed by atoms with E-state index in [1.165, 1.54) is 32.1 Å². The molecule has 4 aromatic rings. The summed E-state index contributed by atoms with van der Waals surface area (Å²) in [6, 6.07) is 8.42. The first-order chi connectivity index (χ1) is 17.9. The van der Waals surface area contributed by atoms with Gasteiger partial charge in [0.25, 0.3) is 0 Å². The number of aryl methyl sites for hydroxylation is 1. The van der Waals surface area contributed by atoms with Gasteiger partial charge in [0.05, 0.1) is 31.1 Å². The van der Waals surface area contributed by atoms with Gasteiger partial charge >= 0.3 is 6.09 Å². The Morgan fingerprint density at radius 1 is 0.973 bits per heavy atom. The second-order valence-electron chi connectivity index (χ2n) is 9.31. The van der Waals surface area contributed by atoms with Crippen molar-refractivity contribution in [3.63, 3.8) is 0 Å². The average molecular weight is 504 g/mol. The van der Waals surface area contributed by atoms with Gasteiger partial charge in [0, 0.05) is 54.1 Å². The predicted octanol–water partition coefficient (Wildman–Crippen LogP) is 4.55. The molecule has 0 bridgehead atoms. The number of carbonyl (C=O) groups is 1. The Bertz CT molecular complexity index is 1290. The molecular weight excluding hydrogens is 470 g/mol. The van der Waals surface area contributed by atoms with Crippen LogP contribution in [-0.4, -0.2) is 58.5 Å². The molecule has 1 atom stereocenters. The molecule has 0 saturated heterocycles. The van der Waals surface area contributed by atoms with Gasteiger partial charge in [0.2, 0.25) is 0 Å². The van der Waals surface area contributed by atoms with Crippen LogP contribution in [0.2, 0.25) is 0 Å². The maximum atomic E-state index is 9.75. The van der Waals surface area contributed by atoms with Crippen LogP contribution >= 0.6 is 0 Å². The molecule has 1 amide bonds. The minimum Gasteiger partial charge on any atom is -0.465 e. The van der Waals surface area contributed by atoms with Crippen LogP contribution in [0.25, 0.3) is 33.6 Å². The van der Waals surface area contributed by atoms with Gasteiger partial charge in [-0.2, -0.15) is 10.2 Å². The molecule has 0 radical (unpaired) electrons. The van der Waals surface area contributed by atoms with Crippen molar-refractivity contribution >= 4 is 6.09 Å². The number of carboxylic acid groups (broad SMARTS) is 1. The molecule has 3 N–H and O–H groups in total. The van der Waals surface area contributed by atoms with Crippen LogP contribution in [-0.2, 0) is 7.05 Å². The maximum Gasteiger partial charge on any atom is 0.404 e. The highest BCUT2D eigenvalue weighted by atomic mass is 16.4. The van der Waals surface area contributed by atoms with E-state index in [0.717, 1.165) is 33.6 Å². The zero-order valence-electron chi connectivity index (χ0n) is 21.2. The fourth-order valence-corrected chi connectivity index (χ4v) is 4.32. The largest absolute Gasteiger partial charge is 0.465 e. The Morgan fingerprint density at radius 2 is 1.65 bits per heavy atom.